The van der Waals surface area contributed by atoms with Crippen LogP contribution in [0.2, 0.25) is 0 Å². The van der Waals surface area contributed by atoms with Crippen LogP contribution in [0.5, 0.6) is 0 Å². The van der Waals surface area contributed by atoms with Crippen LogP contribution >= 0.6 is 24.8 Å². The average Bonchev–Trinajstić information content (AvgIpc) is 2.74. The van der Waals surface area contributed by atoms with E-state index in [0.717, 1.165) is 31.2 Å². The van der Waals surface area contributed by atoms with Gasteiger partial charge in [0.1, 0.15) is 6.10 Å². The highest BCUT2D eigenvalue weighted by Gasteiger charge is 2.30. The fraction of sp³-hybridized carbons (Fsp3) is 0.727. The summed E-state index contributed by atoms with van der Waals surface area (Å²) >= 11 is 0. The quantitative estimate of drug-likeness (QED) is 0.920. The van der Waals surface area contributed by atoms with Gasteiger partial charge in [0.25, 0.3) is 0 Å². The van der Waals surface area contributed by atoms with Crippen LogP contribution < -0.4 is 5.73 Å². The molecule has 0 amide bonds. The van der Waals surface area contributed by atoms with Crippen LogP contribution in [0.25, 0.3) is 0 Å². The molecule has 0 radical (unpaired) electrons. The number of nitrogens with zero attached hydrogens (tertiary/aromatic N) is 2. The minimum atomic E-state index is 0. The largest absolute Gasteiger partial charge is 0.370 e. The molecule has 0 aromatic carbocycles. The molecule has 0 unspecified atom stereocenters. The van der Waals surface area contributed by atoms with Crippen molar-refractivity contribution in [2.24, 2.45) is 11.7 Å². The Labute approximate surface area is 114 Å². The molecule has 2 fully saturated rings. The van der Waals surface area contributed by atoms with Crippen molar-refractivity contribution in [3.63, 3.8) is 0 Å². The van der Waals surface area contributed by atoms with Crippen molar-refractivity contribution >= 4 is 24.8 Å². The van der Waals surface area contributed by atoms with E-state index in [0.29, 0.717) is 0 Å². The fourth-order valence-electron chi connectivity index (χ4n) is 2.19. The zero-order valence-electron chi connectivity index (χ0n) is 9.62. The molecular formula is C11H19Cl2N3O. The first-order valence-electron chi connectivity index (χ1n) is 5.73. The van der Waals surface area contributed by atoms with Crippen LogP contribution in [-0.4, -0.2) is 22.4 Å². The molecule has 2 atom stereocenters. The topological polar surface area (TPSA) is 53.1 Å². The third-order valence-electron chi connectivity index (χ3n) is 3.31. The average molecular weight is 280 g/mol. The van der Waals surface area contributed by atoms with Crippen LogP contribution in [0.3, 0.4) is 0 Å². The molecule has 1 aliphatic carbocycles. The Morgan fingerprint density at radius 3 is 2.71 bits per heavy atom. The van der Waals surface area contributed by atoms with E-state index in [1.165, 1.54) is 12.8 Å². The van der Waals surface area contributed by atoms with Crippen molar-refractivity contribution in [2.45, 2.75) is 38.0 Å². The van der Waals surface area contributed by atoms with E-state index in [4.69, 9.17) is 10.5 Å². The normalized spacial score (nSPS) is 27.4. The number of hydrogen-bond acceptors (Lipinski definition) is 3. The van der Waals surface area contributed by atoms with Gasteiger partial charge in [0.2, 0.25) is 0 Å². The Hall–Kier alpha value is -0.290. The number of nitrogens with two attached hydrogens (primary N) is 1. The highest BCUT2D eigenvalue weighted by atomic mass is 35.5. The Morgan fingerprint density at radius 1 is 1.35 bits per heavy atom. The van der Waals surface area contributed by atoms with Gasteiger partial charge in [0.15, 0.2) is 0 Å². The molecule has 0 spiro atoms. The summed E-state index contributed by atoms with van der Waals surface area (Å²) in [6.07, 6.45) is 5.56. The molecule has 1 aliphatic heterocycles. The summed E-state index contributed by atoms with van der Waals surface area (Å²) in [6, 6.07) is 2.18. The van der Waals surface area contributed by atoms with E-state index >= 15 is 0 Å². The van der Waals surface area contributed by atoms with Crippen molar-refractivity contribution < 1.29 is 4.74 Å². The van der Waals surface area contributed by atoms with Crippen molar-refractivity contribution in [3.8, 4) is 0 Å². The summed E-state index contributed by atoms with van der Waals surface area (Å²) < 4.78 is 7.74. The van der Waals surface area contributed by atoms with E-state index in [1.54, 1.807) is 0 Å². The van der Waals surface area contributed by atoms with Gasteiger partial charge in [-0.15, -0.1) is 24.8 Å². The molecule has 3 rings (SSSR count). The lowest BCUT2D eigenvalue weighted by atomic mass is 10.1. The second-order valence-electron chi connectivity index (χ2n) is 4.63. The molecule has 1 saturated carbocycles. The predicted octanol–water partition coefficient (Wildman–Crippen LogP) is 1.93. The second kappa shape index (κ2) is 6.05. The van der Waals surface area contributed by atoms with Gasteiger partial charge in [-0.05, 0) is 31.2 Å². The zero-order chi connectivity index (χ0) is 10.3. The van der Waals surface area contributed by atoms with Crippen molar-refractivity contribution in [3.05, 3.63) is 18.0 Å². The van der Waals surface area contributed by atoms with Crippen molar-refractivity contribution in [2.75, 3.05) is 6.61 Å². The Bertz CT molecular complexity index is 354. The van der Waals surface area contributed by atoms with Gasteiger partial charge >= 0.3 is 0 Å². The molecule has 17 heavy (non-hydrogen) atoms. The van der Waals surface area contributed by atoms with Gasteiger partial charge in [0.05, 0.1) is 5.69 Å². The van der Waals surface area contributed by atoms with Crippen molar-refractivity contribution in [1.29, 1.82) is 0 Å². The number of aromatic nitrogens is 2. The monoisotopic (exact) mass is 279 g/mol. The van der Waals surface area contributed by atoms with Gasteiger partial charge in [-0.1, -0.05) is 0 Å². The van der Waals surface area contributed by atoms with Gasteiger partial charge in [-0.25, -0.2) is 0 Å². The zero-order valence-corrected chi connectivity index (χ0v) is 11.3. The molecule has 1 aromatic heterocycles. The SMILES string of the molecule is Cl.Cl.N[C@@H]1CCO[C@H]1c1ccnn1CC1CC1. The maximum absolute atomic E-state index is 6.02. The van der Waals surface area contributed by atoms with E-state index in [2.05, 4.69) is 9.78 Å². The summed E-state index contributed by atoms with van der Waals surface area (Å²) in [6.45, 7) is 1.81. The maximum Gasteiger partial charge on any atom is 0.114 e. The summed E-state index contributed by atoms with van der Waals surface area (Å²) in [5.41, 5.74) is 7.18. The van der Waals surface area contributed by atoms with Gasteiger partial charge in [-0.2, -0.15) is 5.10 Å². The smallest absolute Gasteiger partial charge is 0.114 e. The van der Waals surface area contributed by atoms with Gasteiger partial charge < -0.3 is 10.5 Å². The number of hydrogen-bond donors (Lipinski definition) is 1. The molecule has 2 N–H and O–H groups in total. The lowest BCUT2D eigenvalue weighted by molar-refractivity contribution is 0.0970. The van der Waals surface area contributed by atoms with Crippen molar-refractivity contribution in [1.82, 2.24) is 9.78 Å². The van der Waals surface area contributed by atoms with Gasteiger partial charge in [-0.3, -0.25) is 4.68 Å². The standard InChI is InChI=1S/C11H17N3O.2ClH/c12-9-4-6-15-11(9)10-3-5-13-14(10)7-8-1-2-8;;/h3,5,8-9,11H,1-2,4,6-7,12H2;2*1H/t9-,11-;;/m1../s1. The second-order valence-corrected chi connectivity index (χ2v) is 4.63. The molecule has 6 heteroatoms. The Balaban J connectivity index is 0.000000722. The third-order valence-corrected chi connectivity index (χ3v) is 3.31. The fourth-order valence-corrected chi connectivity index (χ4v) is 2.19. The number of halogens is 2. The summed E-state index contributed by atoms with van der Waals surface area (Å²) in [5, 5.41) is 4.36. The number of rotatable bonds is 3. The van der Waals surface area contributed by atoms with Crippen LogP contribution in [-0.2, 0) is 11.3 Å². The first-order chi connectivity index (χ1) is 7.34. The van der Waals surface area contributed by atoms with Crippen LogP contribution in [0.15, 0.2) is 12.3 Å². The van der Waals surface area contributed by atoms with E-state index in [1.807, 2.05) is 12.3 Å². The Morgan fingerprint density at radius 2 is 2.12 bits per heavy atom. The van der Waals surface area contributed by atoms with Crippen LogP contribution in [0.1, 0.15) is 31.1 Å². The first kappa shape index (κ1) is 14.8. The molecule has 1 saturated heterocycles. The van der Waals surface area contributed by atoms with Gasteiger partial charge in [0, 0.05) is 25.4 Å². The van der Waals surface area contributed by atoms with Crippen LogP contribution in [0, 0.1) is 5.92 Å². The lowest BCUT2D eigenvalue weighted by Gasteiger charge is -2.16. The molecule has 4 nitrogen and oxygen atoms in total. The highest BCUT2D eigenvalue weighted by Crippen LogP contribution is 2.33. The lowest BCUT2D eigenvalue weighted by Crippen LogP contribution is -2.25. The number of ether oxygens (including phenoxy) is 1. The summed E-state index contributed by atoms with van der Waals surface area (Å²) in [5.74, 6) is 0.835. The molecule has 98 valence electrons. The minimum absolute atomic E-state index is 0. The molecular weight excluding hydrogens is 261 g/mol. The summed E-state index contributed by atoms with van der Waals surface area (Å²) in [7, 11) is 0. The van der Waals surface area contributed by atoms with E-state index < -0.39 is 0 Å². The summed E-state index contributed by atoms with van der Waals surface area (Å²) in [4.78, 5) is 0. The predicted molar refractivity (Wildman–Crippen MR) is 70.7 cm³/mol. The maximum atomic E-state index is 6.02. The molecule has 2 heterocycles. The third kappa shape index (κ3) is 3.13. The first-order valence-corrected chi connectivity index (χ1v) is 5.73. The van der Waals surface area contributed by atoms with E-state index in [9.17, 15) is 0 Å². The van der Waals surface area contributed by atoms with E-state index in [-0.39, 0.29) is 37.0 Å². The molecule has 2 aliphatic rings. The molecule has 0 bridgehead atoms. The van der Waals surface area contributed by atoms with Crippen LogP contribution in [0.4, 0.5) is 0 Å². The molecule has 1 aromatic rings. The Kier molecular flexibility index (Phi) is 5.25. The highest BCUT2D eigenvalue weighted by molar-refractivity contribution is 5.85. The minimum Gasteiger partial charge on any atom is -0.370 e.